The van der Waals surface area contributed by atoms with E-state index >= 15 is 0 Å². The highest BCUT2D eigenvalue weighted by Crippen LogP contribution is 2.24. The Labute approximate surface area is 121 Å². The van der Waals surface area contributed by atoms with Crippen LogP contribution in [0.3, 0.4) is 0 Å². The van der Waals surface area contributed by atoms with Crippen molar-refractivity contribution >= 4 is 23.2 Å². The van der Waals surface area contributed by atoms with Gasteiger partial charge in [0.05, 0.1) is 16.4 Å². The molecule has 0 aliphatic carbocycles. The fraction of sp³-hybridized carbons (Fsp3) is 0. The highest BCUT2D eigenvalue weighted by atomic mass is 35.5. The van der Waals surface area contributed by atoms with E-state index in [0.717, 1.165) is 16.9 Å². The second-order valence-electron chi connectivity index (χ2n) is 4.11. The van der Waals surface area contributed by atoms with Gasteiger partial charge in [-0.05, 0) is 30.3 Å². The second kappa shape index (κ2) is 5.67. The zero-order valence-corrected chi connectivity index (χ0v) is 11.2. The molecule has 98 valence electrons. The molecule has 0 fully saturated rings. The van der Waals surface area contributed by atoms with Gasteiger partial charge in [-0.1, -0.05) is 23.7 Å². The lowest BCUT2D eigenvalue weighted by Crippen LogP contribution is -1.98. The molecule has 0 aliphatic rings. The summed E-state index contributed by atoms with van der Waals surface area (Å²) >= 11 is 6.10. The number of pyridine rings is 1. The summed E-state index contributed by atoms with van der Waals surface area (Å²) < 4.78 is 0. The minimum atomic E-state index is 0.507. The van der Waals surface area contributed by atoms with E-state index in [1.807, 2.05) is 42.5 Å². The summed E-state index contributed by atoms with van der Waals surface area (Å²) in [7, 11) is 0. The van der Waals surface area contributed by atoms with Crippen molar-refractivity contribution in [2.24, 2.45) is 0 Å². The van der Waals surface area contributed by atoms with Crippen LogP contribution in [0.15, 0.2) is 61.1 Å². The number of halogens is 1. The first-order valence-corrected chi connectivity index (χ1v) is 6.46. The first-order chi connectivity index (χ1) is 9.83. The molecule has 0 radical (unpaired) electrons. The number of aromatic nitrogens is 3. The van der Waals surface area contributed by atoms with Crippen LogP contribution in [0.5, 0.6) is 0 Å². The van der Waals surface area contributed by atoms with Crippen molar-refractivity contribution in [2.45, 2.75) is 0 Å². The zero-order chi connectivity index (χ0) is 13.8. The number of benzene rings is 1. The third kappa shape index (κ3) is 2.75. The van der Waals surface area contributed by atoms with E-state index in [0.29, 0.717) is 11.0 Å². The number of anilines is 2. The minimum Gasteiger partial charge on any atom is -0.323 e. The molecule has 3 aromatic rings. The Morgan fingerprint density at radius 3 is 2.50 bits per heavy atom. The summed E-state index contributed by atoms with van der Waals surface area (Å²) in [6.45, 7) is 0. The number of hydrogen-bond donors (Lipinski definition) is 1. The smallest absolute Gasteiger partial charge is 0.227 e. The summed E-state index contributed by atoms with van der Waals surface area (Å²) in [6, 6.07) is 13.1. The van der Waals surface area contributed by atoms with E-state index in [1.165, 1.54) is 0 Å². The quantitative estimate of drug-likeness (QED) is 0.790. The monoisotopic (exact) mass is 282 g/mol. The Bertz CT molecular complexity index is 716. The van der Waals surface area contributed by atoms with Crippen molar-refractivity contribution in [2.75, 3.05) is 5.32 Å². The molecule has 0 spiro atoms. The topological polar surface area (TPSA) is 50.7 Å². The molecule has 0 saturated heterocycles. The fourth-order valence-corrected chi connectivity index (χ4v) is 1.97. The molecule has 0 unspecified atom stereocenters. The molecule has 0 amide bonds. The number of rotatable bonds is 3. The van der Waals surface area contributed by atoms with E-state index < -0.39 is 0 Å². The normalized spacial score (nSPS) is 10.2. The van der Waals surface area contributed by atoms with Gasteiger partial charge in [-0.3, -0.25) is 4.98 Å². The average molecular weight is 283 g/mol. The highest BCUT2D eigenvalue weighted by molar-refractivity contribution is 6.33. The minimum absolute atomic E-state index is 0.507. The molecule has 0 saturated carbocycles. The van der Waals surface area contributed by atoms with E-state index in [1.54, 1.807) is 18.6 Å². The Balaban J connectivity index is 1.91. The highest BCUT2D eigenvalue weighted by Gasteiger charge is 2.04. The molecule has 20 heavy (non-hydrogen) atoms. The van der Waals surface area contributed by atoms with Crippen molar-refractivity contribution in [1.82, 2.24) is 15.0 Å². The van der Waals surface area contributed by atoms with Gasteiger partial charge in [0, 0.05) is 24.2 Å². The van der Waals surface area contributed by atoms with Crippen molar-refractivity contribution in [3.8, 4) is 11.3 Å². The van der Waals surface area contributed by atoms with E-state index in [9.17, 15) is 0 Å². The van der Waals surface area contributed by atoms with Gasteiger partial charge in [0.1, 0.15) is 0 Å². The number of nitrogens with zero attached hydrogens (tertiary/aromatic N) is 3. The number of para-hydroxylation sites is 1. The molecule has 1 N–H and O–H groups in total. The second-order valence-corrected chi connectivity index (χ2v) is 4.51. The van der Waals surface area contributed by atoms with Crippen molar-refractivity contribution in [1.29, 1.82) is 0 Å². The van der Waals surface area contributed by atoms with Crippen LogP contribution in [0, 0.1) is 0 Å². The lowest BCUT2D eigenvalue weighted by molar-refractivity contribution is 1.17. The maximum absolute atomic E-state index is 6.10. The van der Waals surface area contributed by atoms with Gasteiger partial charge in [-0.15, -0.1) is 0 Å². The molecule has 2 heterocycles. The lowest BCUT2D eigenvalue weighted by atomic mass is 10.2. The Kier molecular flexibility index (Phi) is 3.56. The third-order valence-corrected chi connectivity index (χ3v) is 3.08. The Morgan fingerprint density at radius 2 is 1.70 bits per heavy atom. The van der Waals surface area contributed by atoms with Crippen molar-refractivity contribution < 1.29 is 0 Å². The molecular weight excluding hydrogens is 272 g/mol. The third-order valence-electron chi connectivity index (χ3n) is 2.75. The Morgan fingerprint density at radius 1 is 0.900 bits per heavy atom. The summed E-state index contributed by atoms with van der Waals surface area (Å²) in [4.78, 5) is 12.7. The van der Waals surface area contributed by atoms with Crippen LogP contribution in [0.1, 0.15) is 0 Å². The molecule has 2 aromatic heterocycles. The number of hydrogen-bond acceptors (Lipinski definition) is 4. The van der Waals surface area contributed by atoms with Crippen LogP contribution < -0.4 is 5.32 Å². The van der Waals surface area contributed by atoms with Gasteiger partial charge in [0.2, 0.25) is 5.95 Å². The Hall–Kier alpha value is -2.46. The molecule has 0 atom stereocenters. The van der Waals surface area contributed by atoms with Gasteiger partial charge in [-0.2, -0.15) is 0 Å². The van der Waals surface area contributed by atoms with Gasteiger partial charge in [0.15, 0.2) is 0 Å². The first kappa shape index (κ1) is 12.6. The van der Waals surface area contributed by atoms with Crippen LogP contribution in [0.25, 0.3) is 11.3 Å². The largest absolute Gasteiger partial charge is 0.323 e. The maximum Gasteiger partial charge on any atom is 0.227 e. The molecule has 0 bridgehead atoms. The lowest BCUT2D eigenvalue weighted by Gasteiger charge is -2.07. The zero-order valence-electron chi connectivity index (χ0n) is 10.5. The van der Waals surface area contributed by atoms with Crippen LogP contribution in [0.4, 0.5) is 11.6 Å². The molecule has 5 heteroatoms. The number of nitrogens with one attached hydrogen (secondary N) is 1. The molecule has 1 aromatic carbocycles. The summed E-state index contributed by atoms with van der Waals surface area (Å²) in [5.74, 6) is 0.507. The molecular formula is C15H11ClN4. The molecule has 4 nitrogen and oxygen atoms in total. The fourth-order valence-electron chi connectivity index (χ4n) is 1.79. The molecule has 0 aliphatic heterocycles. The van der Waals surface area contributed by atoms with Crippen molar-refractivity contribution in [3.63, 3.8) is 0 Å². The van der Waals surface area contributed by atoms with Gasteiger partial charge < -0.3 is 5.32 Å². The predicted octanol–water partition coefficient (Wildman–Crippen LogP) is 3.94. The van der Waals surface area contributed by atoms with E-state index in [-0.39, 0.29) is 0 Å². The summed E-state index contributed by atoms with van der Waals surface area (Å²) in [6.07, 6.45) is 5.18. The van der Waals surface area contributed by atoms with E-state index in [4.69, 9.17) is 11.6 Å². The van der Waals surface area contributed by atoms with Crippen LogP contribution >= 0.6 is 11.6 Å². The van der Waals surface area contributed by atoms with Crippen LogP contribution in [0.2, 0.25) is 5.02 Å². The maximum atomic E-state index is 6.10. The van der Waals surface area contributed by atoms with Crippen LogP contribution in [-0.4, -0.2) is 15.0 Å². The van der Waals surface area contributed by atoms with Gasteiger partial charge >= 0.3 is 0 Å². The first-order valence-electron chi connectivity index (χ1n) is 6.08. The van der Waals surface area contributed by atoms with Gasteiger partial charge in [-0.25, -0.2) is 9.97 Å². The van der Waals surface area contributed by atoms with Crippen molar-refractivity contribution in [3.05, 3.63) is 66.1 Å². The average Bonchev–Trinajstić information content (AvgIpc) is 2.51. The van der Waals surface area contributed by atoms with E-state index in [2.05, 4.69) is 20.3 Å². The summed E-state index contributed by atoms with van der Waals surface area (Å²) in [5.41, 5.74) is 2.60. The summed E-state index contributed by atoms with van der Waals surface area (Å²) in [5, 5.41) is 3.74. The van der Waals surface area contributed by atoms with Gasteiger partial charge in [0.25, 0.3) is 0 Å². The SMILES string of the molecule is Clc1ccccc1Nc1nccc(-c2ccncc2)n1. The predicted molar refractivity (Wildman–Crippen MR) is 80.0 cm³/mol. The van der Waals surface area contributed by atoms with Crippen LogP contribution in [-0.2, 0) is 0 Å². The standard InChI is InChI=1S/C15H11ClN4/c16-12-3-1-2-4-14(12)20-15-18-10-7-13(19-15)11-5-8-17-9-6-11/h1-10H,(H,18,19,20). The molecule has 3 rings (SSSR count).